The van der Waals surface area contributed by atoms with Gasteiger partial charge in [0.25, 0.3) is 0 Å². The van der Waals surface area contributed by atoms with Crippen LogP contribution in [0.15, 0.2) is 53.0 Å². The van der Waals surface area contributed by atoms with E-state index in [0.717, 1.165) is 21.3 Å². The summed E-state index contributed by atoms with van der Waals surface area (Å²) in [6.45, 7) is -0.288. The number of esters is 1. The second-order valence-electron chi connectivity index (χ2n) is 6.20. The van der Waals surface area contributed by atoms with Gasteiger partial charge in [-0.2, -0.15) is 0 Å². The molecule has 7 heteroatoms. The highest BCUT2D eigenvalue weighted by molar-refractivity contribution is 9.10. The van der Waals surface area contributed by atoms with Crippen LogP contribution in [0.1, 0.15) is 23.5 Å². The van der Waals surface area contributed by atoms with Crippen molar-refractivity contribution in [1.82, 2.24) is 0 Å². The van der Waals surface area contributed by atoms with Crippen molar-refractivity contribution < 1.29 is 14.3 Å². The Hall–Kier alpha value is -0.940. The Labute approximate surface area is 175 Å². The van der Waals surface area contributed by atoms with Gasteiger partial charge in [0.05, 0.1) is 7.11 Å². The van der Waals surface area contributed by atoms with Crippen LogP contribution < -0.4 is 4.74 Å². The normalized spacial score (nSPS) is 22.0. The van der Waals surface area contributed by atoms with E-state index in [-0.39, 0.29) is 18.5 Å². The van der Waals surface area contributed by atoms with Crippen LogP contribution in [-0.4, -0.2) is 23.5 Å². The summed E-state index contributed by atoms with van der Waals surface area (Å²) in [6, 6.07) is 15.3. The molecular weight excluding hydrogens is 462 g/mol. The molecule has 2 atom stereocenters. The van der Waals surface area contributed by atoms with Crippen molar-refractivity contribution in [2.45, 2.75) is 21.5 Å². The molecule has 138 valence electrons. The van der Waals surface area contributed by atoms with E-state index in [4.69, 9.17) is 44.3 Å². The van der Waals surface area contributed by atoms with Gasteiger partial charge in [0, 0.05) is 10.4 Å². The first-order chi connectivity index (χ1) is 12.3. The molecule has 1 fully saturated rings. The van der Waals surface area contributed by atoms with Crippen molar-refractivity contribution in [1.29, 1.82) is 0 Å². The molecule has 1 saturated carbocycles. The number of carbonyl (C=O) groups is 1. The average molecular weight is 479 g/mol. The Bertz CT molecular complexity index is 787. The molecule has 3 nitrogen and oxygen atoms in total. The van der Waals surface area contributed by atoms with Crippen molar-refractivity contribution in [3.05, 3.63) is 64.1 Å². The van der Waals surface area contributed by atoms with Gasteiger partial charge in [-0.1, -0.05) is 75.0 Å². The van der Waals surface area contributed by atoms with E-state index >= 15 is 0 Å². The molecule has 0 aliphatic heterocycles. The van der Waals surface area contributed by atoms with Crippen molar-refractivity contribution in [2.24, 2.45) is 0 Å². The molecule has 2 aromatic carbocycles. The molecule has 0 saturated heterocycles. The van der Waals surface area contributed by atoms with Gasteiger partial charge >= 0.3 is 5.97 Å². The van der Waals surface area contributed by atoms with Gasteiger partial charge in [0.2, 0.25) is 3.79 Å². The lowest BCUT2D eigenvalue weighted by atomic mass is 9.91. The molecule has 0 bridgehead atoms. The lowest BCUT2D eigenvalue weighted by molar-refractivity contribution is -0.146. The minimum absolute atomic E-state index is 0.00235. The van der Waals surface area contributed by atoms with E-state index in [1.807, 2.05) is 48.5 Å². The summed E-state index contributed by atoms with van der Waals surface area (Å²) < 4.78 is 9.85. The molecule has 0 N–H and O–H groups in total. The largest absolute Gasteiger partial charge is 0.497 e. The molecule has 1 aliphatic carbocycles. The maximum Gasteiger partial charge on any atom is 0.317 e. The van der Waals surface area contributed by atoms with Gasteiger partial charge in [-0.25, -0.2) is 0 Å². The van der Waals surface area contributed by atoms with Gasteiger partial charge in [-0.05, 0) is 41.8 Å². The lowest BCUT2D eigenvalue weighted by Crippen LogP contribution is -2.28. The first-order valence-electron chi connectivity index (χ1n) is 7.90. The number of alkyl halides is 3. The van der Waals surface area contributed by atoms with Gasteiger partial charge in [-0.15, -0.1) is 0 Å². The van der Waals surface area contributed by atoms with Crippen LogP contribution in [0.3, 0.4) is 0 Å². The third-order valence-corrected chi connectivity index (χ3v) is 5.43. The number of halogens is 4. The minimum Gasteiger partial charge on any atom is -0.497 e. The van der Waals surface area contributed by atoms with E-state index in [1.165, 1.54) is 0 Å². The van der Waals surface area contributed by atoms with Gasteiger partial charge in [0.15, 0.2) is 0 Å². The number of hydrogen-bond acceptors (Lipinski definition) is 3. The number of rotatable bonds is 5. The number of carbonyl (C=O) groups excluding carboxylic acids is 1. The highest BCUT2D eigenvalue weighted by Crippen LogP contribution is 2.61. The first kappa shape index (κ1) is 19.8. The van der Waals surface area contributed by atoms with Gasteiger partial charge in [0.1, 0.15) is 17.8 Å². The standard InChI is InChI=1S/C19H16BrCl3O3/c1-25-15-8-2-12(3-9-15)16-10-18(16,13-4-6-14(20)7-5-13)17(24)26-11-19(21,22)23/h2-9,16H,10-11H2,1H3/t16-,18-/m1/s1. The summed E-state index contributed by atoms with van der Waals surface area (Å²) in [5.41, 5.74) is 1.15. The topological polar surface area (TPSA) is 35.5 Å². The van der Waals surface area contributed by atoms with Crippen molar-refractivity contribution in [2.75, 3.05) is 13.7 Å². The SMILES string of the molecule is COc1ccc([C@H]2C[C@@]2(C(=O)OCC(Cl)(Cl)Cl)c2ccc(Br)cc2)cc1. The summed E-state index contributed by atoms with van der Waals surface area (Å²) >= 11 is 20.6. The third-order valence-electron chi connectivity index (χ3n) is 4.57. The Balaban J connectivity index is 1.90. The highest BCUT2D eigenvalue weighted by atomic mass is 79.9. The summed E-state index contributed by atoms with van der Waals surface area (Å²) in [5.74, 6) is 0.381. The van der Waals surface area contributed by atoms with E-state index < -0.39 is 9.21 Å². The van der Waals surface area contributed by atoms with E-state index in [0.29, 0.717) is 6.42 Å². The Morgan fingerprint density at radius 1 is 1.15 bits per heavy atom. The number of methoxy groups -OCH3 is 1. The van der Waals surface area contributed by atoms with Crippen LogP contribution in [0, 0.1) is 0 Å². The van der Waals surface area contributed by atoms with Gasteiger partial charge in [-0.3, -0.25) is 4.79 Å². The van der Waals surface area contributed by atoms with Gasteiger partial charge < -0.3 is 9.47 Å². The van der Waals surface area contributed by atoms with E-state index in [1.54, 1.807) is 7.11 Å². The molecule has 0 unspecified atom stereocenters. The Morgan fingerprint density at radius 2 is 1.77 bits per heavy atom. The zero-order valence-electron chi connectivity index (χ0n) is 13.8. The monoisotopic (exact) mass is 476 g/mol. The first-order valence-corrected chi connectivity index (χ1v) is 9.83. The number of benzene rings is 2. The molecule has 0 heterocycles. The minimum atomic E-state index is -1.64. The second-order valence-corrected chi connectivity index (χ2v) is 9.63. The molecule has 0 radical (unpaired) electrons. The Kier molecular flexibility index (Phi) is 5.78. The maximum absolute atomic E-state index is 12.9. The van der Waals surface area contributed by atoms with Crippen molar-refractivity contribution in [3.8, 4) is 5.75 Å². The van der Waals surface area contributed by atoms with Crippen molar-refractivity contribution in [3.63, 3.8) is 0 Å². The molecule has 0 aromatic heterocycles. The lowest BCUT2D eigenvalue weighted by Gasteiger charge is -2.19. The maximum atomic E-state index is 12.9. The smallest absolute Gasteiger partial charge is 0.317 e. The molecular formula is C19H16BrCl3O3. The highest BCUT2D eigenvalue weighted by Gasteiger charge is 2.63. The second kappa shape index (κ2) is 7.59. The van der Waals surface area contributed by atoms with E-state index in [2.05, 4.69) is 15.9 Å². The quantitative estimate of drug-likeness (QED) is 0.403. The predicted molar refractivity (Wildman–Crippen MR) is 107 cm³/mol. The van der Waals surface area contributed by atoms with Crippen LogP contribution in [0.5, 0.6) is 5.75 Å². The van der Waals surface area contributed by atoms with Crippen molar-refractivity contribution >= 4 is 56.7 Å². The predicted octanol–water partition coefficient (Wildman–Crippen LogP) is 5.80. The molecule has 26 heavy (non-hydrogen) atoms. The van der Waals surface area contributed by atoms with E-state index in [9.17, 15) is 4.79 Å². The summed E-state index contributed by atoms with van der Waals surface area (Å²) in [6.07, 6.45) is 0.639. The third kappa shape index (κ3) is 4.14. The van der Waals surface area contributed by atoms with Crippen LogP contribution >= 0.6 is 50.7 Å². The molecule has 3 rings (SSSR count). The number of hydrogen-bond donors (Lipinski definition) is 0. The Morgan fingerprint density at radius 3 is 2.31 bits per heavy atom. The summed E-state index contributed by atoms with van der Waals surface area (Å²) in [7, 11) is 1.62. The molecule has 2 aromatic rings. The fourth-order valence-corrected chi connectivity index (χ4v) is 3.62. The molecule has 0 amide bonds. The average Bonchev–Trinajstić information content (AvgIpc) is 3.36. The summed E-state index contributed by atoms with van der Waals surface area (Å²) in [4.78, 5) is 12.9. The zero-order chi connectivity index (χ0) is 18.9. The fourth-order valence-electron chi connectivity index (χ4n) is 3.19. The summed E-state index contributed by atoms with van der Waals surface area (Å²) in [5, 5.41) is 0. The van der Waals surface area contributed by atoms with Crippen LogP contribution in [-0.2, 0) is 14.9 Å². The molecule has 1 aliphatic rings. The van der Waals surface area contributed by atoms with Crippen LogP contribution in [0.4, 0.5) is 0 Å². The van der Waals surface area contributed by atoms with Crippen LogP contribution in [0.25, 0.3) is 0 Å². The zero-order valence-corrected chi connectivity index (χ0v) is 17.7. The fraction of sp³-hybridized carbons (Fsp3) is 0.316. The number of ether oxygens (including phenoxy) is 2. The van der Waals surface area contributed by atoms with Crippen LogP contribution in [0.2, 0.25) is 0 Å². The molecule has 0 spiro atoms.